The molecule has 4 rings (SSSR count). The van der Waals surface area contributed by atoms with Gasteiger partial charge in [-0.3, -0.25) is 9.48 Å². The Labute approximate surface area is 158 Å². The third kappa shape index (κ3) is 3.24. The summed E-state index contributed by atoms with van der Waals surface area (Å²) >= 11 is 0. The van der Waals surface area contributed by atoms with Crippen LogP contribution in [0.5, 0.6) is 0 Å². The van der Waals surface area contributed by atoms with Gasteiger partial charge in [-0.05, 0) is 17.5 Å². The van der Waals surface area contributed by atoms with E-state index < -0.39 is 6.04 Å². The van der Waals surface area contributed by atoms with Crippen LogP contribution in [0.1, 0.15) is 34.5 Å². The van der Waals surface area contributed by atoms with Crippen molar-refractivity contribution in [1.82, 2.24) is 14.8 Å². The van der Waals surface area contributed by atoms with Crippen molar-refractivity contribution in [2.75, 3.05) is 5.32 Å². The molecule has 0 aliphatic rings. The molecule has 0 saturated heterocycles. The number of rotatable bonds is 6. The molecule has 5 nitrogen and oxygen atoms in total. The molecule has 0 amide bonds. The maximum absolute atomic E-state index is 13.5. The van der Waals surface area contributed by atoms with Crippen LogP contribution in [-0.4, -0.2) is 20.5 Å². The van der Waals surface area contributed by atoms with Gasteiger partial charge in [-0.15, -0.1) is 0 Å². The van der Waals surface area contributed by atoms with E-state index in [-0.39, 0.29) is 5.78 Å². The highest BCUT2D eigenvalue weighted by Gasteiger charge is 2.25. The average Bonchev–Trinajstić information content (AvgIpc) is 3.32. The second-order valence-electron chi connectivity index (χ2n) is 6.62. The number of benzene rings is 2. The Kier molecular flexibility index (Phi) is 4.50. The fourth-order valence-corrected chi connectivity index (χ4v) is 3.46. The number of anilines is 1. The number of carbonyl (C=O) groups is 1. The largest absolute Gasteiger partial charge is 0.360 e. The summed E-state index contributed by atoms with van der Waals surface area (Å²) in [4.78, 5) is 16.8. The van der Waals surface area contributed by atoms with Crippen molar-refractivity contribution >= 4 is 22.5 Å². The number of aromatic nitrogens is 3. The number of hydrogen-bond acceptors (Lipinski definition) is 3. The zero-order chi connectivity index (χ0) is 18.8. The molecule has 0 fully saturated rings. The van der Waals surface area contributed by atoms with Crippen molar-refractivity contribution in [2.45, 2.75) is 19.4 Å². The monoisotopic (exact) mass is 358 g/mol. The highest BCUT2D eigenvalue weighted by Crippen LogP contribution is 2.28. The molecule has 2 heterocycles. The summed E-state index contributed by atoms with van der Waals surface area (Å²) in [6.45, 7) is 2.12. The van der Waals surface area contributed by atoms with Crippen LogP contribution < -0.4 is 5.32 Å². The first-order valence-electron chi connectivity index (χ1n) is 9.11. The Balaban J connectivity index is 1.77. The summed E-state index contributed by atoms with van der Waals surface area (Å²) in [7, 11) is 1.86. The van der Waals surface area contributed by atoms with Gasteiger partial charge in [0.25, 0.3) is 0 Å². The molecule has 27 heavy (non-hydrogen) atoms. The van der Waals surface area contributed by atoms with Gasteiger partial charge in [-0.25, -0.2) is 0 Å². The standard InChI is InChI=1S/C22H22N4O/c1-3-15-10-7-11-17-18(14-23-20(15)17)22(27)21(16-8-5-4-6-9-16)24-19-12-13-26(2)25-19/h4-14,21,23H,3H2,1-2H3,(H,24,25). The van der Waals surface area contributed by atoms with E-state index in [1.54, 1.807) is 4.68 Å². The van der Waals surface area contributed by atoms with Crippen molar-refractivity contribution in [2.24, 2.45) is 7.05 Å². The summed E-state index contributed by atoms with van der Waals surface area (Å²) < 4.78 is 1.72. The molecule has 1 unspecified atom stereocenters. The van der Waals surface area contributed by atoms with Crippen LogP contribution in [0.2, 0.25) is 0 Å². The summed E-state index contributed by atoms with van der Waals surface area (Å²) in [5, 5.41) is 8.64. The van der Waals surface area contributed by atoms with Gasteiger partial charge < -0.3 is 10.3 Å². The molecule has 0 radical (unpaired) electrons. The fourth-order valence-electron chi connectivity index (χ4n) is 3.46. The van der Waals surface area contributed by atoms with E-state index >= 15 is 0 Å². The molecule has 2 aromatic heterocycles. The van der Waals surface area contributed by atoms with Gasteiger partial charge in [-0.1, -0.05) is 55.5 Å². The SMILES string of the molecule is CCc1cccc2c(C(=O)C(Nc3ccn(C)n3)c3ccccc3)c[nH]c12. The van der Waals surface area contributed by atoms with Gasteiger partial charge >= 0.3 is 0 Å². The molecule has 0 spiro atoms. The maximum atomic E-state index is 13.5. The van der Waals surface area contributed by atoms with Crippen LogP contribution in [-0.2, 0) is 13.5 Å². The molecule has 0 aliphatic carbocycles. The minimum Gasteiger partial charge on any atom is -0.360 e. The molecule has 136 valence electrons. The number of carbonyl (C=O) groups excluding carboxylic acids is 1. The van der Waals surface area contributed by atoms with Gasteiger partial charge in [0.2, 0.25) is 0 Å². The van der Waals surface area contributed by atoms with Crippen molar-refractivity contribution in [3.05, 3.63) is 83.7 Å². The number of H-pyrrole nitrogens is 1. The van der Waals surface area contributed by atoms with Crippen LogP contribution in [0.25, 0.3) is 10.9 Å². The predicted molar refractivity (Wildman–Crippen MR) is 108 cm³/mol. The van der Waals surface area contributed by atoms with Gasteiger partial charge in [-0.2, -0.15) is 5.10 Å². The second kappa shape index (κ2) is 7.11. The topological polar surface area (TPSA) is 62.7 Å². The van der Waals surface area contributed by atoms with E-state index in [1.165, 1.54) is 5.56 Å². The zero-order valence-electron chi connectivity index (χ0n) is 15.4. The first-order chi connectivity index (χ1) is 13.2. The van der Waals surface area contributed by atoms with E-state index in [2.05, 4.69) is 28.4 Å². The Morgan fingerprint density at radius 3 is 2.67 bits per heavy atom. The molecule has 2 N–H and O–H groups in total. The maximum Gasteiger partial charge on any atom is 0.191 e. The average molecular weight is 358 g/mol. The molecular weight excluding hydrogens is 336 g/mol. The Morgan fingerprint density at radius 1 is 1.15 bits per heavy atom. The molecular formula is C22H22N4O. The number of ketones is 1. The minimum absolute atomic E-state index is 0.0198. The smallest absolute Gasteiger partial charge is 0.191 e. The first kappa shape index (κ1) is 17.1. The summed E-state index contributed by atoms with van der Waals surface area (Å²) in [6, 6.07) is 17.2. The number of nitrogens with one attached hydrogen (secondary N) is 2. The van der Waals surface area contributed by atoms with Crippen LogP contribution in [0.15, 0.2) is 67.0 Å². The number of nitrogens with zero attached hydrogens (tertiary/aromatic N) is 2. The predicted octanol–water partition coefficient (Wildman–Crippen LogP) is 4.50. The Bertz CT molecular complexity index is 1080. The van der Waals surface area contributed by atoms with Crippen molar-refractivity contribution < 1.29 is 4.79 Å². The highest BCUT2D eigenvalue weighted by atomic mass is 16.1. The van der Waals surface area contributed by atoms with Crippen molar-refractivity contribution in [1.29, 1.82) is 0 Å². The third-order valence-corrected chi connectivity index (χ3v) is 4.85. The van der Waals surface area contributed by atoms with Gasteiger partial charge in [0.15, 0.2) is 5.78 Å². The fraction of sp³-hybridized carbons (Fsp3) is 0.182. The number of para-hydroxylation sites is 1. The van der Waals surface area contributed by atoms with E-state index in [4.69, 9.17) is 0 Å². The minimum atomic E-state index is -0.509. The summed E-state index contributed by atoms with van der Waals surface area (Å²) in [5.41, 5.74) is 3.85. The van der Waals surface area contributed by atoms with Crippen LogP contribution in [0.3, 0.4) is 0 Å². The molecule has 5 heteroatoms. The van der Waals surface area contributed by atoms with Crippen molar-refractivity contribution in [3.63, 3.8) is 0 Å². The molecule has 0 saturated carbocycles. The van der Waals surface area contributed by atoms with E-state index in [1.807, 2.05) is 68.0 Å². The first-order valence-corrected chi connectivity index (χ1v) is 9.11. The van der Waals surface area contributed by atoms with Gasteiger partial charge in [0.1, 0.15) is 11.9 Å². The van der Waals surface area contributed by atoms with Crippen LogP contribution in [0, 0.1) is 0 Å². The number of fused-ring (bicyclic) bond motifs is 1. The molecule has 2 aromatic carbocycles. The zero-order valence-corrected chi connectivity index (χ0v) is 15.4. The highest BCUT2D eigenvalue weighted by molar-refractivity contribution is 6.11. The molecule has 0 aliphatic heterocycles. The lowest BCUT2D eigenvalue weighted by Gasteiger charge is -2.17. The summed E-state index contributed by atoms with van der Waals surface area (Å²) in [5.74, 6) is 0.695. The van der Waals surface area contributed by atoms with Gasteiger partial charge in [0, 0.05) is 42.0 Å². The third-order valence-electron chi connectivity index (χ3n) is 4.85. The van der Waals surface area contributed by atoms with Gasteiger partial charge in [0.05, 0.1) is 0 Å². The lowest BCUT2D eigenvalue weighted by Crippen LogP contribution is -2.21. The second-order valence-corrected chi connectivity index (χ2v) is 6.62. The Morgan fingerprint density at radius 2 is 1.96 bits per heavy atom. The molecule has 4 aromatic rings. The molecule has 1 atom stereocenters. The number of hydrogen-bond donors (Lipinski definition) is 2. The van der Waals surface area contributed by atoms with E-state index in [0.717, 1.165) is 22.9 Å². The lowest BCUT2D eigenvalue weighted by molar-refractivity contribution is 0.0971. The number of Topliss-reactive ketones (excluding diaryl/α,β-unsaturated/α-hetero) is 1. The van der Waals surface area contributed by atoms with E-state index in [9.17, 15) is 4.79 Å². The van der Waals surface area contributed by atoms with E-state index in [0.29, 0.717) is 11.4 Å². The lowest BCUT2D eigenvalue weighted by atomic mass is 9.96. The van der Waals surface area contributed by atoms with Crippen LogP contribution in [0.4, 0.5) is 5.82 Å². The molecule has 0 bridgehead atoms. The van der Waals surface area contributed by atoms with Crippen LogP contribution >= 0.6 is 0 Å². The normalized spacial score (nSPS) is 12.2. The number of aromatic amines is 1. The summed E-state index contributed by atoms with van der Waals surface area (Å²) in [6.07, 6.45) is 4.59. The Hall–Kier alpha value is -3.34. The quantitative estimate of drug-likeness (QED) is 0.499. The van der Waals surface area contributed by atoms with Crippen molar-refractivity contribution in [3.8, 4) is 0 Å². The number of aryl methyl sites for hydroxylation is 2.